The molecule has 0 aliphatic carbocycles. The molecule has 2 nitrogen and oxygen atoms in total. The topological polar surface area (TPSA) is 17.0 Å². The molecule has 0 saturated heterocycles. The van der Waals surface area contributed by atoms with E-state index in [2.05, 4.69) is 52.7 Å². The van der Waals surface area contributed by atoms with E-state index in [1.54, 1.807) is 11.3 Å². The zero-order valence-corrected chi connectivity index (χ0v) is 9.76. The summed E-state index contributed by atoms with van der Waals surface area (Å²) in [7, 11) is 0. The molecule has 0 atom stereocenters. The highest BCUT2D eigenvalue weighted by atomic mass is 32.1. The van der Waals surface area contributed by atoms with Crippen molar-refractivity contribution in [2.45, 2.75) is 26.6 Å². The normalized spacial score (nSPS) is 10.7. The maximum Gasteiger partial charge on any atom is 0.0362 e. The van der Waals surface area contributed by atoms with Crippen molar-refractivity contribution in [3.05, 3.63) is 46.4 Å². The summed E-state index contributed by atoms with van der Waals surface area (Å²) in [6.07, 6.45) is 2.13. The second-order valence-corrected chi connectivity index (χ2v) is 4.50. The summed E-state index contributed by atoms with van der Waals surface area (Å²) in [5, 5.41) is 5.57. The van der Waals surface area contributed by atoms with Gasteiger partial charge in [0.1, 0.15) is 0 Å². The van der Waals surface area contributed by atoms with Crippen LogP contribution in [0.5, 0.6) is 0 Å². The summed E-state index contributed by atoms with van der Waals surface area (Å²) in [5.41, 5.74) is 1.36. The van der Waals surface area contributed by atoms with Gasteiger partial charge in [0.25, 0.3) is 0 Å². The molecule has 2 aromatic heterocycles. The fraction of sp³-hybridized carbons (Fsp3) is 0.333. The van der Waals surface area contributed by atoms with Crippen molar-refractivity contribution < 1.29 is 0 Å². The van der Waals surface area contributed by atoms with E-state index in [0.29, 0.717) is 0 Å². The predicted molar refractivity (Wildman–Crippen MR) is 65.0 cm³/mol. The van der Waals surface area contributed by atoms with Crippen LogP contribution in [0.25, 0.3) is 0 Å². The summed E-state index contributed by atoms with van der Waals surface area (Å²) in [4.78, 5) is 1.39. The molecule has 0 saturated carbocycles. The first-order valence-corrected chi connectivity index (χ1v) is 6.15. The van der Waals surface area contributed by atoms with E-state index in [0.717, 1.165) is 19.6 Å². The fourth-order valence-corrected chi connectivity index (χ4v) is 2.32. The van der Waals surface area contributed by atoms with Gasteiger partial charge in [-0.2, -0.15) is 0 Å². The van der Waals surface area contributed by atoms with Crippen LogP contribution in [-0.2, 0) is 19.6 Å². The Labute approximate surface area is 94.6 Å². The van der Waals surface area contributed by atoms with Gasteiger partial charge >= 0.3 is 0 Å². The van der Waals surface area contributed by atoms with Crippen molar-refractivity contribution in [3.8, 4) is 0 Å². The predicted octanol–water partition coefficient (Wildman–Crippen LogP) is 2.86. The van der Waals surface area contributed by atoms with Crippen LogP contribution in [0.3, 0.4) is 0 Å². The van der Waals surface area contributed by atoms with Crippen LogP contribution in [0, 0.1) is 0 Å². The van der Waals surface area contributed by atoms with E-state index in [4.69, 9.17) is 0 Å². The minimum absolute atomic E-state index is 0.943. The highest BCUT2D eigenvalue weighted by Gasteiger charge is 1.98. The lowest BCUT2D eigenvalue weighted by Gasteiger charge is -2.07. The Balaban J connectivity index is 1.83. The van der Waals surface area contributed by atoms with Gasteiger partial charge in [-0.15, -0.1) is 11.3 Å². The van der Waals surface area contributed by atoms with Crippen molar-refractivity contribution in [1.82, 2.24) is 9.88 Å². The average Bonchev–Trinajstić information content (AvgIpc) is 2.88. The molecule has 0 aliphatic rings. The first-order valence-electron chi connectivity index (χ1n) is 5.27. The third-order valence-corrected chi connectivity index (χ3v) is 3.33. The Hall–Kier alpha value is -1.06. The SMILES string of the molecule is CCn1cccc1CNCc1cccs1. The number of nitrogens with zero attached hydrogens (tertiary/aromatic N) is 1. The third kappa shape index (κ3) is 2.70. The Morgan fingerprint density at radius 2 is 2.20 bits per heavy atom. The van der Waals surface area contributed by atoms with Crippen LogP contribution >= 0.6 is 11.3 Å². The molecule has 2 rings (SSSR count). The number of nitrogens with one attached hydrogen (secondary N) is 1. The summed E-state index contributed by atoms with van der Waals surface area (Å²) < 4.78 is 2.27. The van der Waals surface area contributed by atoms with Crippen molar-refractivity contribution in [1.29, 1.82) is 0 Å². The summed E-state index contributed by atoms with van der Waals surface area (Å²) in [6.45, 7) is 5.12. The van der Waals surface area contributed by atoms with Gasteiger partial charge in [-0.3, -0.25) is 0 Å². The lowest BCUT2D eigenvalue weighted by atomic mass is 10.4. The van der Waals surface area contributed by atoms with Crippen LogP contribution < -0.4 is 5.32 Å². The van der Waals surface area contributed by atoms with Gasteiger partial charge < -0.3 is 9.88 Å². The van der Waals surface area contributed by atoms with Crippen molar-refractivity contribution in [2.24, 2.45) is 0 Å². The molecule has 0 aromatic carbocycles. The van der Waals surface area contributed by atoms with Crippen LogP contribution in [0.4, 0.5) is 0 Å². The van der Waals surface area contributed by atoms with E-state index in [1.807, 2.05) is 0 Å². The van der Waals surface area contributed by atoms with E-state index in [-0.39, 0.29) is 0 Å². The Morgan fingerprint density at radius 3 is 2.93 bits per heavy atom. The standard InChI is InChI=1S/C12H16N2S/c1-2-14-7-3-5-11(14)9-13-10-12-6-4-8-15-12/h3-8,13H,2,9-10H2,1H3. The Bertz CT molecular complexity index is 389. The number of hydrogen-bond acceptors (Lipinski definition) is 2. The van der Waals surface area contributed by atoms with Crippen molar-refractivity contribution in [3.63, 3.8) is 0 Å². The van der Waals surface area contributed by atoms with Crippen LogP contribution in [-0.4, -0.2) is 4.57 Å². The van der Waals surface area contributed by atoms with Crippen LogP contribution in [0.1, 0.15) is 17.5 Å². The minimum Gasteiger partial charge on any atom is -0.351 e. The molecule has 0 radical (unpaired) electrons. The number of hydrogen-bond donors (Lipinski definition) is 1. The van der Waals surface area contributed by atoms with Gasteiger partial charge in [0, 0.05) is 36.4 Å². The highest BCUT2D eigenvalue weighted by molar-refractivity contribution is 7.09. The zero-order valence-electron chi connectivity index (χ0n) is 8.94. The van der Waals surface area contributed by atoms with Gasteiger partial charge in [0.15, 0.2) is 0 Å². The Kier molecular flexibility index (Phi) is 3.59. The Morgan fingerprint density at radius 1 is 1.27 bits per heavy atom. The summed E-state index contributed by atoms with van der Waals surface area (Å²) >= 11 is 1.80. The second kappa shape index (κ2) is 5.14. The van der Waals surface area contributed by atoms with Crippen molar-refractivity contribution in [2.75, 3.05) is 0 Å². The van der Waals surface area contributed by atoms with Crippen molar-refractivity contribution >= 4 is 11.3 Å². The molecule has 3 heteroatoms. The van der Waals surface area contributed by atoms with Gasteiger partial charge in [0.05, 0.1) is 0 Å². The summed E-state index contributed by atoms with van der Waals surface area (Å²) in [5.74, 6) is 0. The molecule has 0 unspecified atom stereocenters. The van der Waals surface area contributed by atoms with E-state index in [1.165, 1.54) is 10.6 Å². The molecular formula is C12H16N2S. The van der Waals surface area contributed by atoms with E-state index < -0.39 is 0 Å². The van der Waals surface area contributed by atoms with Gasteiger partial charge in [0.2, 0.25) is 0 Å². The smallest absolute Gasteiger partial charge is 0.0362 e. The molecule has 2 aromatic rings. The largest absolute Gasteiger partial charge is 0.351 e. The quantitative estimate of drug-likeness (QED) is 0.820. The number of aromatic nitrogens is 1. The first-order chi connectivity index (χ1) is 7.40. The molecule has 0 spiro atoms. The third-order valence-electron chi connectivity index (χ3n) is 2.45. The molecule has 80 valence electrons. The fourth-order valence-electron chi connectivity index (χ4n) is 1.65. The minimum atomic E-state index is 0.943. The lowest BCUT2D eigenvalue weighted by molar-refractivity contribution is 0.632. The average molecular weight is 220 g/mol. The maximum absolute atomic E-state index is 3.45. The lowest BCUT2D eigenvalue weighted by Crippen LogP contribution is -2.14. The molecule has 0 bridgehead atoms. The molecule has 0 fully saturated rings. The molecule has 2 heterocycles. The summed E-state index contributed by atoms with van der Waals surface area (Å²) in [6, 6.07) is 8.53. The van der Waals surface area contributed by atoms with Gasteiger partial charge in [-0.1, -0.05) is 6.07 Å². The molecular weight excluding hydrogens is 204 g/mol. The van der Waals surface area contributed by atoms with Gasteiger partial charge in [-0.05, 0) is 30.5 Å². The second-order valence-electron chi connectivity index (χ2n) is 3.47. The number of rotatable bonds is 5. The molecule has 15 heavy (non-hydrogen) atoms. The van der Waals surface area contributed by atoms with E-state index in [9.17, 15) is 0 Å². The molecule has 1 N–H and O–H groups in total. The monoisotopic (exact) mass is 220 g/mol. The number of aryl methyl sites for hydroxylation is 1. The van der Waals surface area contributed by atoms with E-state index >= 15 is 0 Å². The first kappa shape index (κ1) is 10.5. The maximum atomic E-state index is 3.45. The molecule has 0 aliphatic heterocycles. The van der Waals surface area contributed by atoms with Crippen LogP contribution in [0.15, 0.2) is 35.8 Å². The van der Waals surface area contributed by atoms with Crippen LogP contribution in [0.2, 0.25) is 0 Å². The molecule has 0 amide bonds. The number of thiophene rings is 1. The highest BCUT2D eigenvalue weighted by Crippen LogP contribution is 2.08. The zero-order chi connectivity index (χ0) is 10.5. The van der Waals surface area contributed by atoms with Gasteiger partial charge in [-0.25, -0.2) is 0 Å².